The molecule has 3 nitrogen and oxygen atoms in total. The van der Waals surface area contributed by atoms with E-state index in [1.54, 1.807) is 6.20 Å². The van der Waals surface area contributed by atoms with Gasteiger partial charge in [-0.3, -0.25) is 0 Å². The molecule has 0 bridgehead atoms. The molecule has 19 heavy (non-hydrogen) atoms. The molecule has 0 amide bonds. The van der Waals surface area contributed by atoms with Crippen molar-refractivity contribution in [1.29, 1.82) is 0 Å². The Morgan fingerprint density at radius 3 is 2.79 bits per heavy atom. The Balaban J connectivity index is 1.72. The second-order valence-electron chi connectivity index (χ2n) is 5.47. The predicted octanol–water partition coefficient (Wildman–Crippen LogP) is 3.31. The van der Waals surface area contributed by atoms with Crippen LogP contribution in [0.5, 0.6) is 0 Å². The van der Waals surface area contributed by atoms with Crippen LogP contribution in [-0.4, -0.2) is 9.97 Å². The van der Waals surface area contributed by atoms with Gasteiger partial charge in [-0.05, 0) is 49.8 Å². The van der Waals surface area contributed by atoms with Crippen LogP contribution in [0.1, 0.15) is 54.9 Å². The van der Waals surface area contributed by atoms with Gasteiger partial charge in [0.05, 0.1) is 6.04 Å². The first-order valence-electron chi connectivity index (χ1n) is 7.11. The molecule has 0 saturated carbocycles. The summed E-state index contributed by atoms with van der Waals surface area (Å²) in [6.45, 7) is 4.36. The number of hydrogen-bond donors (Lipinski definition) is 2. The Morgan fingerprint density at radius 1 is 1.16 bits per heavy atom. The SMILES string of the molecule is CC(NC(C)c1ncc[nH]1)c1ccc2c(c1)CCC2. The number of nitrogens with zero attached hydrogens (tertiary/aromatic N) is 1. The lowest BCUT2D eigenvalue weighted by atomic mass is 10.0. The number of hydrogen-bond acceptors (Lipinski definition) is 2. The molecule has 1 aliphatic carbocycles. The molecule has 0 saturated heterocycles. The van der Waals surface area contributed by atoms with Gasteiger partial charge in [-0.15, -0.1) is 0 Å². The zero-order valence-corrected chi connectivity index (χ0v) is 11.6. The molecule has 0 spiro atoms. The van der Waals surface area contributed by atoms with Gasteiger partial charge in [-0.1, -0.05) is 18.2 Å². The smallest absolute Gasteiger partial charge is 0.122 e. The Hall–Kier alpha value is -1.61. The molecule has 1 heterocycles. The molecule has 3 rings (SSSR count). The molecule has 0 aliphatic heterocycles. The molecule has 100 valence electrons. The van der Waals surface area contributed by atoms with Gasteiger partial charge in [0.25, 0.3) is 0 Å². The first-order valence-corrected chi connectivity index (χ1v) is 7.11. The fourth-order valence-electron chi connectivity index (χ4n) is 2.93. The molecule has 2 unspecified atom stereocenters. The number of imidazole rings is 1. The van der Waals surface area contributed by atoms with Crippen molar-refractivity contribution in [3.63, 3.8) is 0 Å². The van der Waals surface area contributed by atoms with Gasteiger partial charge in [-0.2, -0.15) is 0 Å². The molecular formula is C16H21N3. The predicted molar refractivity (Wildman–Crippen MR) is 77.0 cm³/mol. The van der Waals surface area contributed by atoms with E-state index in [1.165, 1.54) is 36.0 Å². The zero-order chi connectivity index (χ0) is 13.2. The third kappa shape index (κ3) is 2.56. The highest BCUT2D eigenvalue weighted by atomic mass is 15.0. The molecule has 1 aromatic carbocycles. The molecule has 1 aliphatic rings. The van der Waals surface area contributed by atoms with Crippen molar-refractivity contribution in [3.8, 4) is 0 Å². The van der Waals surface area contributed by atoms with Crippen LogP contribution in [0.15, 0.2) is 30.6 Å². The van der Waals surface area contributed by atoms with Crippen LogP contribution in [0, 0.1) is 0 Å². The number of aryl methyl sites for hydroxylation is 2. The third-order valence-electron chi connectivity index (χ3n) is 4.05. The molecule has 0 radical (unpaired) electrons. The monoisotopic (exact) mass is 255 g/mol. The first-order chi connectivity index (χ1) is 9.24. The largest absolute Gasteiger partial charge is 0.347 e. The van der Waals surface area contributed by atoms with E-state index in [0.29, 0.717) is 6.04 Å². The number of aromatic amines is 1. The van der Waals surface area contributed by atoms with Crippen LogP contribution in [-0.2, 0) is 12.8 Å². The average molecular weight is 255 g/mol. The normalized spacial score (nSPS) is 17.2. The van der Waals surface area contributed by atoms with E-state index < -0.39 is 0 Å². The van der Waals surface area contributed by atoms with Crippen molar-refractivity contribution in [1.82, 2.24) is 15.3 Å². The summed E-state index contributed by atoms with van der Waals surface area (Å²) in [5.74, 6) is 0.994. The highest BCUT2D eigenvalue weighted by Gasteiger charge is 2.16. The Labute approximate surface area is 114 Å². The van der Waals surface area contributed by atoms with Crippen LogP contribution in [0.4, 0.5) is 0 Å². The van der Waals surface area contributed by atoms with Crippen molar-refractivity contribution in [2.24, 2.45) is 0 Å². The van der Waals surface area contributed by atoms with Crippen LogP contribution in [0.2, 0.25) is 0 Å². The second-order valence-corrected chi connectivity index (χ2v) is 5.47. The minimum Gasteiger partial charge on any atom is -0.347 e. The topological polar surface area (TPSA) is 40.7 Å². The van der Waals surface area contributed by atoms with Gasteiger partial charge in [-0.25, -0.2) is 4.98 Å². The number of fused-ring (bicyclic) bond motifs is 1. The maximum absolute atomic E-state index is 4.30. The van der Waals surface area contributed by atoms with Gasteiger partial charge >= 0.3 is 0 Å². The molecule has 2 atom stereocenters. The van der Waals surface area contributed by atoms with Gasteiger partial charge in [0.2, 0.25) is 0 Å². The van der Waals surface area contributed by atoms with Crippen LogP contribution in [0.25, 0.3) is 0 Å². The summed E-state index contributed by atoms with van der Waals surface area (Å²) in [7, 11) is 0. The molecule has 0 fully saturated rings. The minimum atomic E-state index is 0.234. The fourth-order valence-corrected chi connectivity index (χ4v) is 2.93. The molecular weight excluding hydrogens is 234 g/mol. The lowest BCUT2D eigenvalue weighted by Gasteiger charge is -2.19. The quantitative estimate of drug-likeness (QED) is 0.880. The lowest BCUT2D eigenvalue weighted by molar-refractivity contribution is 0.479. The van der Waals surface area contributed by atoms with E-state index in [1.807, 2.05) is 6.20 Å². The fraction of sp³-hybridized carbons (Fsp3) is 0.438. The Bertz CT molecular complexity index is 545. The number of aromatic nitrogens is 2. The van der Waals surface area contributed by atoms with Gasteiger partial charge in [0, 0.05) is 18.4 Å². The summed E-state index contributed by atoms with van der Waals surface area (Å²) in [6, 6.07) is 7.50. The summed E-state index contributed by atoms with van der Waals surface area (Å²) < 4.78 is 0. The van der Waals surface area contributed by atoms with Crippen molar-refractivity contribution in [2.45, 2.75) is 45.2 Å². The van der Waals surface area contributed by atoms with E-state index in [2.05, 4.69) is 47.3 Å². The van der Waals surface area contributed by atoms with E-state index in [9.17, 15) is 0 Å². The van der Waals surface area contributed by atoms with Crippen molar-refractivity contribution >= 4 is 0 Å². The second kappa shape index (κ2) is 5.17. The van der Waals surface area contributed by atoms with E-state index >= 15 is 0 Å². The van der Waals surface area contributed by atoms with Crippen molar-refractivity contribution < 1.29 is 0 Å². The molecule has 2 N–H and O–H groups in total. The number of benzene rings is 1. The average Bonchev–Trinajstić information content (AvgIpc) is 3.09. The van der Waals surface area contributed by atoms with Crippen molar-refractivity contribution in [2.75, 3.05) is 0 Å². The summed E-state index contributed by atoms with van der Waals surface area (Å²) in [6.07, 6.45) is 7.47. The van der Waals surface area contributed by atoms with Gasteiger partial charge in [0.15, 0.2) is 0 Å². The van der Waals surface area contributed by atoms with Crippen LogP contribution < -0.4 is 5.32 Å². The molecule has 3 heteroatoms. The molecule has 1 aromatic heterocycles. The highest BCUT2D eigenvalue weighted by Crippen LogP contribution is 2.26. The summed E-state index contributed by atoms with van der Waals surface area (Å²) >= 11 is 0. The number of H-pyrrole nitrogens is 1. The maximum Gasteiger partial charge on any atom is 0.122 e. The Morgan fingerprint density at radius 2 is 2.00 bits per heavy atom. The molecule has 2 aromatic rings. The standard InChI is InChI=1S/C16H21N3/c1-11(19-12(2)16-17-8-9-18-16)14-7-6-13-4-3-5-15(13)10-14/h6-12,19H,3-5H2,1-2H3,(H,17,18). The van der Waals surface area contributed by atoms with E-state index in [-0.39, 0.29) is 6.04 Å². The van der Waals surface area contributed by atoms with Crippen LogP contribution >= 0.6 is 0 Å². The summed E-state index contributed by atoms with van der Waals surface area (Å²) in [5.41, 5.74) is 4.45. The van der Waals surface area contributed by atoms with Crippen LogP contribution in [0.3, 0.4) is 0 Å². The lowest BCUT2D eigenvalue weighted by Crippen LogP contribution is -2.23. The summed E-state index contributed by atoms with van der Waals surface area (Å²) in [5, 5.41) is 3.60. The zero-order valence-electron chi connectivity index (χ0n) is 11.6. The number of rotatable bonds is 4. The summed E-state index contributed by atoms with van der Waals surface area (Å²) in [4.78, 5) is 7.46. The van der Waals surface area contributed by atoms with E-state index in [4.69, 9.17) is 0 Å². The van der Waals surface area contributed by atoms with Crippen molar-refractivity contribution in [3.05, 3.63) is 53.1 Å². The Kier molecular flexibility index (Phi) is 3.38. The van der Waals surface area contributed by atoms with Gasteiger partial charge < -0.3 is 10.3 Å². The van der Waals surface area contributed by atoms with E-state index in [0.717, 1.165) is 5.82 Å². The third-order valence-corrected chi connectivity index (χ3v) is 4.05. The first kappa shape index (κ1) is 12.4. The highest BCUT2D eigenvalue weighted by molar-refractivity contribution is 5.36. The minimum absolute atomic E-state index is 0.234. The number of nitrogens with one attached hydrogen (secondary N) is 2. The van der Waals surface area contributed by atoms with Gasteiger partial charge in [0.1, 0.15) is 5.82 Å². The maximum atomic E-state index is 4.30.